The molecule has 1 aromatic rings. The van der Waals surface area contributed by atoms with Gasteiger partial charge in [0, 0.05) is 4.88 Å². The van der Waals surface area contributed by atoms with E-state index < -0.39 is 0 Å². The van der Waals surface area contributed by atoms with Crippen molar-refractivity contribution in [2.75, 3.05) is 5.33 Å². The van der Waals surface area contributed by atoms with Crippen LogP contribution in [0.25, 0.3) is 0 Å². The van der Waals surface area contributed by atoms with Crippen LogP contribution in [0.15, 0.2) is 17.5 Å². The van der Waals surface area contributed by atoms with E-state index >= 15 is 0 Å². The fourth-order valence-electron chi connectivity index (χ4n) is 1.25. The van der Waals surface area contributed by atoms with Crippen LogP contribution in [0.4, 0.5) is 0 Å². The molecule has 1 aromatic heterocycles. The van der Waals surface area contributed by atoms with Crippen LogP contribution in [-0.4, -0.2) is 11.2 Å². The molecule has 1 atom stereocenters. The summed E-state index contributed by atoms with van der Waals surface area (Å²) in [6.45, 7) is 4.22. The van der Waals surface area contributed by atoms with Gasteiger partial charge >= 0.3 is 0 Å². The quantitative estimate of drug-likeness (QED) is 0.842. The molecule has 0 radical (unpaired) electrons. The molecule has 0 aromatic carbocycles. The highest BCUT2D eigenvalue weighted by Gasteiger charge is 2.18. The van der Waals surface area contributed by atoms with Crippen molar-refractivity contribution in [3.63, 3.8) is 0 Å². The lowest BCUT2D eigenvalue weighted by Crippen LogP contribution is -2.31. The van der Waals surface area contributed by atoms with E-state index in [9.17, 15) is 4.79 Å². The number of nitrogens with one attached hydrogen (secondary N) is 1. The number of hydrogen-bond donors (Lipinski definition) is 1. The average molecular weight is 276 g/mol. The van der Waals surface area contributed by atoms with E-state index in [1.54, 1.807) is 11.3 Å². The van der Waals surface area contributed by atoms with E-state index in [1.807, 2.05) is 11.4 Å². The van der Waals surface area contributed by atoms with Gasteiger partial charge in [0.1, 0.15) is 0 Å². The van der Waals surface area contributed by atoms with Gasteiger partial charge in [-0.25, -0.2) is 0 Å². The maximum Gasteiger partial charge on any atom is 0.231 e. The Morgan fingerprint density at radius 3 is 2.79 bits per heavy atom. The van der Waals surface area contributed by atoms with Gasteiger partial charge < -0.3 is 5.32 Å². The maximum absolute atomic E-state index is 11.3. The first-order valence-corrected chi connectivity index (χ1v) is 6.54. The third-order valence-corrected chi connectivity index (χ3v) is 3.42. The number of halogens is 1. The van der Waals surface area contributed by atoms with Crippen molar-refractivity contribution in [2.45, 2.75) is 19.9 Å². The number of rotatable bonds is 4. The second-order valence-electron chi connectivity index (χ2n) is 3.44. The maximum atomic E-state index is 11.3. The lowest BCUT2D eigenvalue weighted by atomic mass is 10.0. The Morgan fingerprint density at radius 2 is 2.36 bits per heavy atom. The van der Waals surface area contributed by atoms with Crippen LogP contribution in [0.5, 0.6) is 0 Å². The normalized spacial score (nSPS) is 12.9. The van der Waals surface area contributed by atoms with Crippen LogP contribution < -0.4 is 5.32 Å². The van der Waals surface area contributed by atoms with Crippen LogP contribution >= 0.6 is 27.3 Å². The van der Waals surface area contributed by atoms with Crippen molar-refractivity contribution in [1.82, 2.24) is 5.32 Å². The summed E-state index contributed by atoms with van der Waals surface area (Å²) in [5, 5.41) is 5.39. The Hall–Kier alpha value is -0.350. The summed E-state index contributed by atoms with van der Waals surface area (Å²) in [4.78, 5) is 12.5. The standard InChI is InChI=1S/C10H14BrNOS/c1-7(2)10(12-9(13)6-11)8-4-3-5-14-8/h3-5,7,10H,6H2,1-2H3,(H,12,13). The van der Waals surface area contributed by atoms with Gasteiger partial charge in [0.05, 0.1) is 11.4 Å². The Kier molecular flexibility index (Phi) is 4.62. The fourth-order valence-corrected chi connectivity index (χ4v) is 2.36. The zero-order chi connectivity index (χ0) is 10.6. The fraction of sp³-hybridized carbons (Fsp3) is 0.500. The number of carbonyl (C=O) groups is 1. The molecule has 0 spiro atoms. The number of carbonyl (C=O) groups excluding carboxylic acids is 1. The van der Waals surface area contributed by atoms with Crippen LogP contribution in [0.3, 0.4) is 0 Å². The van der Waals surface area contributed by atoms with Gasteiger partial charge in [-0.2, -0.15) is 0 Å². The third-order valence-electron chi connectivity index (χ3n) is 1.95. The second kappa shape index (κ2) is 5.51. The molecule has 14 heavy (non-hydrogen) atoms. The summed E-state index contributed by atoms with van der Waals surface area (Å²) >= 11 is 4.83. The van der Waals surface area contributed by atoms with Crippen molar-refractivity contribution in [3.8, 4) is 0 Å². The van der Waals surface area contributed by atoms with Gasteiger partial charge in [-0.15, -0.1) is 11.3 Å². The van der Waals surface area contributed by atoms with E-state index in [-0.39, 0.29) is 11.9 Å². The average Bonchev–Trinajstić information content (AvgIpc) is 2.65. The molecule has 0 fully saturated rings. The smallest absolute Gasteiger partial charge is 0.231 e. The van der Waals surface area contributed by atoms with Gasteiger partial charge in [-0.1, -0.05) is 35.8 Å². The molecule has 0 aliphatic rings. The molecule has 0 saturated carbocycles. The number of alkyl halides is 1. The summed E-state index contributed by atoms with van der Waals surface area (Å²) in [6, 6.07) is 4.21. The highest BCUT2D eigenvalue weighted by atomic mass is 79.9. The summed E-state index contributed by atoms with van der Waals surface area (Å²) in [7, 11) is 0. The van der Waals surface area contributed by atoms with Crippen molar-refractivity contribution in [3.05, 3.63) is 22.4 Å². The van der Waals surface area contributed by atoms with E-state index in [4.69, 9.17) is 0 Å². The lowest BCUT2D eigenvalue weighted by Gasteiger charge is -2.20. The van der Waals surface area contributed by atoms with Gasteiger partial charge in [0.25, 0.3) is 0 Å². The van der Waals surface area contributed by atoms with E-state index in [2.05, 4.69) is 41.2 Å². The first-order chi connectivity index (χ1) is 6.65. The van der Waals surface area contributed by atoms with Crippen LogP contribution in [-0.2, 0) is 4.79 Å². The predicted molar refractivity (Wildman–Crippen MR) is 63.8 cm³/mol. The molecule has 1 rings (SSSR count). The minimum atomic E-state index is 0.0390. The zero-order valence-corrected chi connectivity index (χ0v) is 10.7. The first kappa shape index (κ1) is 11.7. The molecule has 78 valence electrons. The second-order valence-corrected chi connectivity index (χ2v) is 4.98. The molecule has 1 N–H and O–H groups in total. The summed E-state index contributed by atoms with van der Waals surface area (Å²) in [6.07, 6.45) is 0. The highest BCUT2D eigenvalue weighted by Crippen LogP contribution is 2.25. The molecule has 0 bridgehead atoms. The van der Waals surface area contributed by atoms with E-state index in [1.165, 1.54) is 4.88 Å². The first-order valence-electron chi connectivity index (χ1n) is 4.54. The van der Waals surface area contributed by atoms with Crippen molar-refractivity contribution >= 4 is 33.2 Å². The number of hydrogen-bond acceptors (Lipinski definition) is 2. The topological polar surface area (TPSA) is 29.1 Å². The minimum absolute atomic E-state index is 0.0390. The van der Waals surface area contributed by atoms with Gasteiger partial charge in [-0.3, -0.25) is 4.79 Å². The molecule has 0 aliphatic heterocycles. The van der Waals surface area contributed by atoms with Crippen molar-refractivity contribution < 1.29 is 4.79 Å². The summed E-state index contributed by atoms with van der Waals surface area (Å²) in [5.74, 6) is 0.453. The van der Waals surface area contributed by atoms with Gasteiger partial charge in [0.15, 0.2) is 0 Å². The molecular formula is C10H14BrNOS. The molecule has 1 heterocycles. The Labute approximate surface area is 96.8 Å². The SMILES string of the molecule is CC(C)C(NC(=O)CBr)c1cccs1. The van der Waals surface area contributed by atoms with E-state index in [0.717, 1.165) is 0 Å². The molecule has 0 aliphatic carbocycles. The zero-order valence-electron chi connectivity index (χ0n) is 8.29. The number of thiophene rings is 1. The van der Waals surface area contributed by atoms with Gasteiger partial charge in [0.2, 0.25) is 5.91 Å². The van der Waals surface area contributed by atoms with Gasteiger partial charge in [-0.05, 0) is 17.4 Å². The predicted octanol–water partition coefficient (Wildman–Crippen LogP) is 2.96. The highest BCUT2D eigenvalue weighted by molar-refractivity contribution is 9.09. The van der Waals surface area contributed by atoms with Crippen LogP contribution in [0, 0.1) is 5.92 Å². The molecule has 0 saturated heterocycles. The molecule has 2 nitrogen and oxygen atoms in total. The van der Waals surface area contributed by atoms with Crippen molar-refractivity contribution in [2.24, 2.45) is 5.92 Å². The Bertz CT molecular complexity index is 284. The lowest BCUT2D eigenvalue weighted by molar-refractivity contribution is -0.119. The Morgan fingerprint density at radius 1 is 1.64 bits per heavy atom. The van der Waals surface area contributed by atoms with Crippen LogP contribution in [0.2, 0.25) is 0 Å². The Balaban J connectivity index is 2.70. The van der Waals surface area contributed by atoms with E-state index in [0.29, 0.717) is 11.2 Å². The monoisotopic (exact) mass is 275 g/mol. The largest absolute Gasteiger partial charge is 0.347 e. The van der Waals surface area contributed by atoms with Crippen LogP contribution in [0.1, 0.15) is 24.8 Å². The molecule has 1 unspecified atom stereocenters. The molecule has 4 heteroatoms. The number of amides is 1. The molecular weight excluding hydrogens is 262 g/mol. The third kappa shape index (κ3) is 3.10. The minimum Gasteiger partial charge on any atom is -0.347 e. The summed E-state index contributed by atoms with van der Waals surface area (Å²) in [5.41, 5.74) is 0. The van der Waals surface area contributed by atoms with Crippen molar-refractivity contribution in [1.29, 1.82) is 0 Å². The molecule has 1 amide bonds. The summed E-state index contributed by atoms with van der Waals surface area (Å²) < 4.78 is 0.